The molecule has 2 aromatic heterocycles. The van der Waals surface area contributed by atoms with Crippen LogP contribution < -0.4 is 4.74 Å². The van der Waals surface area contributed by atoms with Crippen LogP contribution in [0.5, 0.6) is 5.75 Å². The molecule has 4 nitrogen and oxygen atoms in total. The maximum atomic E-state index is 13.3. The third-order valence-corrected chi connectivity index (χ3v) is 4.30. The van der Waals surface area contributed by atoms with E-state index in [1.54, 1.807) is 19.4 Å². The van der Waals surface area contributed by atoms with Gasteiger partial charge in [-0.1, -0.05) is 0 Å². The van der Waals surface area contributed by atoms with E-state index in [2.05, 4.69) is 9.55 Å². The van der Waals surface area contributed by atoms with Gasteiger partial charge in [0.15, 0.2) is 0 Å². The fourth-order valence-corrected chi connectivity index (χ4v) is 2.95. The molecule has 0 spiro atoms. The van der Waals surface area contributed by atoms with Crippen molar-refractivity contribution >= 4 is 23.4 Å². The number of methoxy groups -OCH3 is 1. The van der Waals surface area contributed by atoms with Gasteiger partial charge in [-0.05, 0) is 37.1 Å². The monoisotopic (exact) mass is 382 g/mol. The highest BCUT2D eigenvalue weighted by atomic mass is 35.5. The molecule has 0 atom stereocenters. The zero-order chi connectivity index (χ0) is 18.0. The summed E-state index contributed by atoms with van der Waals surface area (Å²) < 4.78 is 39.8. The summed E-state index contributed by atoms with van der Waals surface area (Å²) in [7, 11) is 1.65. The molecular weight excluding hydrogens is 362 g/mol. The van der Waals surface area contributed by atoms with Crippen LogP contribution in [0.3, 0.4) is 0 Å². The maximum Gasteiger partial charge on any atom is 0.147 e. The second-order valence-corrected chi connectivity index (χ2v) is 5.93. The van der Waals surface area contributed by atoms with E-state index in [4.69, 9.17) is 9.47 Å². The molecule has 0 aliphatic carbocycles. The molecule has 0 radical (unpaired) electrons. The van der Waals surface area contributed by atoms with Gasteiger partial charge < -0.3 is 14.0 Å². The minimum atomic E-state index is -0.617. The molecule has 0 bridgehead atoms. The number of nitrogens with zero attached hydrogens (tertiary/aromatic N) is 2. The number of hydrogen-bond donors (Lipinski definition) is 0. The summed E-state index contributed by atoms with van der Waals surface area (Å²) >= 11 is 0. The van der Waals surface area contributed by atoms with Crippen molar-refractivity contribution in [1.29, 1.82) is 0 Å². The summed E-state index contributed by atoms with van der Waals surface area (Å²) in [6.07, 6.45) is 1.68. The first-order chi connectivity index (χ1) is 12.0. The van der Waals surface area contributed by atoms with E-state index in [0.717, 1.165) is 28.4 Å². The van der Waals surface area contributed by atoms with Gasteiger partial charge in [-0.3, -0.25) is 4.98 Å². The second-order valence-electron chi connectivity index (χ2n) is 5.93. The summed E-state index contributed by atoms with van der Waals surface area (Å²) in [4.78, 5) is 4.45. The number of benzene rings is 1. The van der Waals surface area contributed by atoms with Gasteiger partial charge in [-0.25, -0.2) is 8.78 Å². The third kappa shape index (κ3) is 3.97. The largest absolute Gasteiger partial charge is 0.487 e. The van der Waals surface area contributed by atoms with Crippen LogP contribution in [0, 0.1) is 25.5 Å². The van der Waals surface area contributed by atoms with E-state index in [9.17, 15) is 8.78 Å². The van der Waals surface area contributed by atoms with E-state index >= 15 is 0 Å². The Hall–Kier alpha value is -2.18. The minimum absolute atomic E-state index is 0. The average molecular weight is 383 g/mol. The van der Waals surface area contributed by atoms with E-state index < -0.39 is 11.6 Å². The zero-order valence-electron chi connectivity index (χ0n) is 14.9. The summed E-state index contributed by atoms with van der Waals surface area (Å²) in [5, 5.41) is 0. The molecular formula is C19H21ClF2N2O2. The molecule has 1 aromatic carbocycles. The van der Waals surface area contributed by atoms with Crippen molar-refractivity contribution in [1.82, 2.24) is 9.55 Å². The quantitative estimate of drug-likeness (QED) is 0.626. The summed E-state index contributed by atoms with van der Waals surface area (Å²) in [6, 6.07) is 5.14. The van der Waals surface area contributed by atoms with Crippen molar-refractivity contribution in [3.8, 4) is 5.75 Å². The fourth-order valence-electron chi connectivity index (χ4n) is 2.95. The van der Waals surface area contributed by atoms with Crippen LogP contribution in [0.4, 0.5) is 8.78 Å². The van der Waals surface area contributed by atoms with Crippen LogP contribution in [0.1, 0.15) is 16.8 Å². The number of aryl methyl sites for hydroxylation is 1. The molecule has 0 saturated heterocycles. The molecule has 3 aromatic rings. The second kappa shape index (κ2) is 8.47. The van der Waals surface area contributed by atoms with E-state index in [1.807, 2.05) is 13.8 Å². The molecule has 0 unspecified atom stereocenters. The first kappa shape index (κ1) is 20.1. The van der Waals surface area contributed by atoms with Gasteiger partial charge >= 0.3 is 0 Å². The Bertz CT molecular complexity index is 892. The minimum Gasteiger partial charge on any atom is -0.487 e. The SMILES string of the molecule is COCCn1c(C)c(C)c2nccc(OCc3cc(F)cc(F)c3)c21.Cl. The van der Waals surface area contributed by atoms with Crippen molar-refractivity contribution in [2.75, 3.05) is 13.7 Å². The molecule has 0 aliphatic heterocycles. The lowest BCUT2D eigenvalue weighted by Crippen LogP contribution is -2.07. The normalized spacial score (nSPS) is 10.8. The molecule has 0 aliphatic rings. The molecule has 3 rings (SSSR count). The highest BCUT2D eigenvalue weighted by Gasteiger charge is 2.16. The van der Waals surface area contributed by atoms with Crippen molar-refractivity contribution in [2.45, 2.75) is 27.0 Å². The molecule has 2 heterocycles. The van der Waals surface area contributed by atoms with Gasteiger partial charge in [-0.2, -0.15) is 0 Å². The van der Waals surface area contributed by atoms with Crippen LogP contribution in [0.25, 0.3) is 11.0 Å². The maximum absolute atomic E-state index is 13.3. The Labute approximate surface area is 157 Å². The topological polar surface area (TPSA) is 36.3 Å². The molecule has 0 fully saturated rings. The van der Waals surface area contributed by atoms with Crippen LogP contribution in [-0.4, -0.2) is 23.3 Å². The predicted octanol–water partition coefficient (Wildman–Crippen LogP) is 4.58. The zero-order valence-corrected chi connectivity index (χ0v) is 15.7. The molecule has 0 saturated carbocycles. The summed E-state index contributed by atoms with van der Waals surface area (Å²) in [6.45, 7) is 5.34. The number of pyridine rings is 1. The first-order valence-corrected chi connectivity index (χ1v) is 8.02. The number of rotatable bonds is 6. The molecule has 140 valence electrons. The van der Waals surface area contributed by atoms with Crippen LogP contribution in [0.15, 0.2) is 30.5 Å². The van der Waals surface area contributed by atoms with Crippen LogP contribution in [0.2, 0.25) is 0 Å². The number of fused-ring (bicyclic) bond motifs is 1. The van der Waals surface area contributed by atoms with Crippen molar-refractivity contribution in [2.24, 2.45) is 0 Å². The van der Waals surface area contributed by atoms with Crippen molar-refractivity contribution < 1.29 is 18.3 Å². The number of ether oxygens (including phenoxy) is 2. The lowest BCUT2D eigenvalue weighted by molar-refractivity contribution is 0.187. The molecule has 0 N–H and O–H groups in total. The van der Waals surface area contributed by atoms with Crippen LogP contribution >= 0.6 is 12.4 Å². The number of aromatic nitrogens is 2. The van der Waals surface area contributed by atoms with Crippen molar-refractivity contribution in [3.05, 3.63) is 58.9 Å². The van der Waals surface area contributed by atoms with Gasteiger partial charge in [-0.15, -0.1) is 12.4 Å². The fraction of sp³-hybridized carbons (Fsp3) is 0.316. The summed E-state index contributed by atoms with van der Waals surface area (Å²) in [5.41, 5.74) is 4.33. The van der Waals surface area contributed by atoms with Gasteiger partial charge in [0, 0.05) is 37.7 Å². The number of hydrogen-bond acceptors (Lipinski definition) is 3. The lowest BCUT2D eigenvalue weighted by Gasteiger charge is -2.12. The summed E-state index contributed by atoms with van der Waals surface area (Å²) in [5.74, 6) is -0.607. The first-order valence-electron chi connectivity index (χ1n) is 8.02. The van der Waals surface area contributed by atoms with Gasteiger partial charge in [0.1, 0.15) is 29.5 Å². The smallest absolute Gasteiger partial charge is 0.147 e. The standard InChI is InChI=1S/C19H20F2N2O2.ClH/c1-12-13(2)23(6-7-24-3)19-17(4-5-22-18(12)19)25-11-14-8-15(20)10-16(21)9-14;/h4-5,8-10H,6-7,11H2,1-3H3;1H. The predicted molar refractivity (Wildman–Crippen MR) is 99.0 cm³/mol. The van der Waals surface area contributed by atoms with E-state index in [1.165, 1.54) is 12.1 Å². The molecule has 26 heavy (non-hydrogen) atoms. The van der Waals surface area contributed by atoms with Gasteiger partial charge in [0.25, 0.3) is 0 Å². The van der Waals surface area contributed by atoms with Crippen molar-refractivity contribution in [3.63, 3.8) is 0 Å². The van der Waals surface area contributed by atoms with E-state index in [-0.39, 0.29) is 19.0 Å². The Kier molecular flexibility index (Phi) is 6.56. The third-order valence-electron chi connectivity index (χ3n) is 4.30. The average Bonchev–Trinajstić information content (AvgIpc) is 2.82. The number of halogens is 3. The highest BCUT2D eigenvalue weighted by Crippen LogP contribution is 2.31. The van der Waals surface area contributed by atoms with Gasteiger partial charge in [0.05, 0.1) is 12.1 Å². The molecule has 7 heteroatoms. The highest BCUT2D eigenvalue weighted by molar-refractivity contribution is 5.86. The van der Waals surface area contributed by atoms with Crippen LogP contribution in [-0.2, 0) is 17.9 Å². The Morgan fingerprint density at radius 1 is 1.12 bits per heavy atom. The Morgan fingerprint density at radius 3 is 2.46 bits per heavy atom. The van der Waals surface area contributed by atoms with Gasteiger partial charge in [0.2, 0.25) is 0 Å². The lowest BCUT2D eigenvalue weighted by atomic mass is 10.2. The Morgan fingerprint density at radius 2 is 1.81 bits per heavy atom. The van der Waals surface area contributed by atoms with E-state index in [0.29, 0.717) is 24.5 Å². The Balaban J connectivity index is 0.00000243. The molecule has 0 amide bonds.